The second kappa shape index (κ2) is 5.46. The highest BCUT2D eigenvalue weighted by Gasteiger charge is 2.14. The quantitative estimate of drug-likeness (QED) is 0.516. The summed E-state index contributed by atoms with van der Waals surface area (Å²) in [6.07, 6.45) is 0. The van der Waals surface area contributed by atoms with Crippen molar-refractivity contribution >= 4 is 28.6 Å². The molecule has 2 aromatic carbocycles. The van der Waals surface area contributed by atoms with Crippen molar-refractivity contribution in [3.8, 4) is 0 Å². The first-order chi connectivity index (χ1) is 9.40. The van der Waals surface area contributed by atoms with Crippen molar-refractivity contribution in [3.63, 3.8) is 0 Å². The molecule has 0 aliphatic rings. The molecule has 0 amide bonds. The molecule has 0 unspecified atom stereocenters. The first-order valence-electron chi connectivity index (χ1n) is 5.40. The maximum Gasteiger partial charge on any atom is 0.196 e. The fourth-order valence-corrected chi connectivity index (χ4v) is 1.66. The largest absolute Gasteiger partial charge is 0.389 e. The molecule has 0 atom stereocenters. The second-order valence-corrected chi connectivity index (χ2v) is 4.35. The molecule has 3 N–H and O–H groups in total. The number of hydrogen-bond donors (Lipinski definition) is 2. The van der Waals surface area contributed by atoms with E-state index in [9.17, 15) is 17.6 Å². The van der Waals surface area contributed by atoms with Gasteiger partial charge in [-0.25, -0.2) is 17.6 Å². The highest BCUT2D eigenvalue weighted by molar-refractivity contribution is 7.80. The third-order valence-corrected chi connectivity index (χ3v) is 2.79. The lowest BCUT2D eigenvalue weighted by Gasteiger charge is -2.10. The van der Waals surface area contributed by atoms with Crippen LogP contribution < -0.4 is 11.1 Å². The van der Waals surface area contributed by atoms with Crippen molar-refractivity contribution in [1.29, 1.82) is 0 Å². The van der Waals surface area contributed by atoms with Gasteiger partial charge in [0.05, 0.1) is 11.4 Å². The Balaban J connectivity index is 2.36. The summed E-state index contributed by atoms with van der Waals surface area (Å²) >= 11 is 4.69. The van der Waals surface area contributed by atoms with Gasteiger partial charge in [-0.3, -0.25) is 0 Å². The molecule has 20 heavy (non-hydrogen) atoms. The average Bonchev–Trinajstić information content (AvgIpc) is 2.41. The van der Waals surface area contributed by atoms with Gasteiger partial charge in [-0.05, 0) is 30.3 Å². The van der Waals surface area contributed by atoms with Gasteiger partial charge in [0.2, 0.25) is 0 Å². The lowest BCUT2D eigenvalue weighted by molar-refractivity contribution is 0.449. The van der Waals surface area contributed by atoms with E-state index in [-0.39, 0.29) is 16.4 Å². The molecule has 0 aliphatic carbocycles. The minimum absolute atomic E-state index is 0.00876. The van der Waals surface area contributed by atoms with Crippen molar-refractivity contribution in [2.24, 2.45) is 5.73 Å². The first kappa shape index (κ1) is 14.3. The van der Waals surface area contributed by atoms with Gasteiger partial charge in [0.15, 0.2) is 17.5 Å². The van der Waals surface area contributed by atoms with Crippen LogP contribution >= 0.6 is 12.2 Å². The van der Waals surface area contributed by atoms with E-state index >= 15 is 0 Å². The van der Waals surface area contributed by atoms with Gasteiger partial charge in [0.25, 0.3) is 0 Å². The number of halogens is 4. The van der Waals surface area contributed by atoms with Crippen LogP contribution in [0.2, 0.25) is 0 Å². The van der Waals surface area contributed by atoms with Crippen molar-refractivity contribution in [3.05, 3.63) is 59.2 Å². The van der Waals surface area contributed by atoms with E-state index in [2.05, 4.69) is 17.5 Å². The van der Waals surface area contributed by atoms with Crippen molar-refractivity contribution in [1.82, 2.24) is 0 Å². The zero-order chi connectivity index (χ0) is 14.9. The number of nitrogens with one attached hydrogen (secondary N) is 1. The number of anilines is 2. The summed E-state index contributed by atoms with van der Waals surface area (Å²) in [6, 6.07) is 5.45. The van der Waals surface area contributed by atoms with Crippen molar-refractivity contribution < 1.29 is 17.6 Å². The smallest absolute Gasteiger partial charge is 0.196 e. The number of hydrogen-bond acceptors (Lipinski definition) is 2. The fourth-order valence-electron chi connectivity index (χ4n) is 1.54. The van der Waals surface area contributed by atoms with Gasteiger partial charge < -0.3 is 11.1 Å². The zero-order valence-corrected chi connectivity index (χ0v) is 10.7. The number of rotatable bonds is 3. The van der Waals surface area contributed by atoms with Gasteiger partial charge >= 0.3 is 0 Å². The summed E-state index contributed by atoms with van der Waals surface area (Å²) in [6.45, 7) is 0. The normalized spacial score (nSPS) is 10.4. The van der Waals surface area contributed by atoms with Crippen LogP contribution in [0.4, 0.5) is 28.9 Å². The number of benzene rings is 2. The van der Waals surface area contributed by atoms with Gasteiger partial charge in [0.1, 0.15) is 10.8 Å². The van der Waals surface area contributed by atoms with E-state index < -0.39 is 23.3 Å². The minimum atomic E-state index is -1.63. The summed E-state index contributed by atoms with van der Waals surface area (Å²) in [5.74, 6) is -5.13. The molecule has 104 valence electrons. The maximum absolute atomic E-state index is 13.7. The highest BCUT2D eigenvalue weighted by Crippen LogP contribution is 2.25. The molecule has 2 aromatic rings. The van der Waals surface area contributed by atoms with Crippen LogP contribution in [0.5, 0.6) is 0 Å². The molecule has 0 aliphatic heterocycles. The molecular formula is C13H8F4N2S. The molecule has 2 rings (SSSR count). The third kappa shape index (κ3) is 2.72. The molecule has 0 fully saturated rings. The number of nitrogens with two attached hydrogens (primary N) is 1. The molecule has 0 saturated carbocycles. The SMILES string of the molecule is NC(=S)c1ccc(Nc2ccc(F)c(F)c2F)c(F)c1. The monoisotopic (exact) mass is 300 g/mol. The molecule has 0 spiro atoms. The Bertz CT molecular complexity index is 688. The van der Waals surface area contributed by atoms with Crippen LogP contribution in [0.25, 0.3) is 0 Å². The first-order valence-corrected chi connectivity index (χ1v) is 5.81. The molecular weight excluding hydrogens is 292 g/mol. The van der Waals surface area contributed by atoms with E-state index in [1.807, 2.05) is 0 Å². The lowest BCUT2D eigenvalue weighted by atomic mass is 10.2. The van der Waals surface area contributed by atoms with E-state index in [0.717, 1.165) is 18.2 Å². The van der Waals surface area contributed by atoms with E-state index in [1.54, 1.807) is 0 Å². The van der Waals surface area contributed by atoms with E-state index in [1.165, 1.54) is 12.1 Å². The number of thiocarbonyl (C=S) groups is 1. The molecule has 7 heteroatoms. The molecule has 0 heterocycles. The van der Waals surface area contributed by atoms with E-state index in [4.69, 9.17) is 5.73 Å². The molecule has 0 bridgehead atoms. The average molecular weight is 300 g/mol. The predicted octanol–water partition coefficient (Wildman–Crippen LogP) is 3.62. The Labute approximate surface area is 117 Å². The minimum Gasteiger partial charge on any atom is -0.389 e. The Kier molecular flexibility index (Phi) is 3.89. The van der Waals surface area contributed by atoms with Gasteiger partial charge in [-0.15, -0.1) is 0 Å². The Morgan fingerprint density at radius 3 is 2.15 bits per heavy atom. The highest BCUT2D eigenvalue weighted by atomic mass is 32.1. The van der Waals surface area contributed by atoms with Crippen LogP contribution in [-0.2, 0) is 0 Å². The fraction of sp³-hybridized carbons (Fsp3) is 0. The van der Waals surface area contributed by atoms with Gasteiger partial charge in [0, 0.05) is 5.56 Å². The van der Waals surface area contributed by atoms with Crippen LogP contribution in [0.3, 0.4) is 0 Å². The summed E-state index contributed by atoms with van der Waals surface area (Å²) in [7, 11) is 0. The maximum atomic E-state index is 13.7. The third-order valence-electron chi connectivity index (χ3n) is 2.56. The van der Waals surface area contributed by atoms with Crippen LogP contribution in [-0.4, -0.2) is 4.99 Å². The molecule has 0 radical (unpaired) electrons. The summed E-state index contributed by atoms with van der Waals surface area (Å²) in [5, 5.41) is 2.33. The van der Waals surface area contributed by atoms with Gasteiger partial charge in [-0.2, -0.15) is 0 Å². The summed E-state index contributed by atoms with van der Waals surface area (Å²) in [5.41, 5.74) is 5.14. The van der Waals surface area contributed by atoms with Crippen LogP contribution in [0.1, 0.15) is 5.56 Å². The molecule has 0 aromatic heterocycles. The Hall–Kier alpha value is -2.15. The second-order valence-electron chi connectivity index (χ2n) is 3.91. The standard InChI is InChI=1S/C13H8F4N2S/c14-7-2-4-10(12(17)11(7)16)19-9-3-1-6(13(18)20)5-8(9)15/h1-5,19H,(H2,18,20). The van der Waals surface area contributed by atoms with Crippen LogP contribution in [0, 0.1) is 23.3 Å². The summed E-state index contributed by atoms with van der Waals surface area (Å²) in [4.78, 5) is 0.00876. The summed E-state index contributed by atoms with van der Waals surface area (Å²) < 4.78 is 53.0. The Morgan fingerprint density at radius 1 is 0.900 bits per heavy atom. The molecule has 0 saturated heterocycles. The van der Waals surface area contributed by atoms with E-state index in [0.29, 0.717) is 5.56 Å². The van der Waals surface area contributed by atoms with Gasteiger partial charge in [-0.1, -0.05) is 12.2 Å². The lowest BCUT2D eigenvalue weighted by Crippen LogP contribution is -2.10. The Morgan fingerprint density at radius 2 is 1.55 bits per heavy atom. The van der Waals surface area contributed by atoms with Crippen LogP contribution in [0.15, 0.2) is 30.3 Å². The predicted molar refractivity (Wildman–Crippen MR) is 71.9 cm³/mol. The topological polar surface area (TPSA) is 38.0 Å². The zero-order valence-electron chi connectivity index (χ0n) is 9.88. The van der Waals surface area contributed by atoms with Crippen molar-refractivity contribution in [2.75, 3.05) is 5.32 Å². The van der Waals surface area contributed by atoms with Crippen molar-refractivity contribution in [2.45, 2.75) is 0 Å². The molecule has 2 nitrogen and oxygen atoms in total.